The van der Waals surface area contributed by atoms with Gasteiger partial charge in [-0.3, -0.25) is 14.8 Å². The van der Waals surface area contributed by atoms with Crippen molar-refractivity contribution in [2.75, 3.05) is 33.2 Å². The van der Waals surface area contributed by atoms with Crippen LogP contribution >= 0.6 is 37.2 Å². The fourth-order valence-corrected chi connectivity index (χ4v) is 6.41. The van der Waals surface area contributed by atoms with E-state index in [0.29, 0.717) is 11.8 Å². The van der Waals surface area contributed by atoms with E-state index >= 15 is 0 Å². The molecule has 10 heteroatoms. The highest BCUT2D eigenvalue weighted by Gasteiger charge is 2.39. The van der Waals surface area contributed by atoms with Crippen molar-refractivity contribution in [2.45, 2.75) is 76.4 Å². The second-order valence-corrected chi connectivity index (χ2v) is 13.1. The first-order valence-corrected chi connectivity index (χ1v) is 15.1. The molecule has 1 saturated heterocycles. The highest BCUT2D eigenvalue weighted by molar-refractivity contribution is 5.86. The van der Waals surface area contributed by atoms with Gasteiger partial charge in [0.15, 0.2) is 0 Å². The lowest BCUT2D eigenvalue weighted by atomic mass is 9.87. The maximum Gasteiger partial charge on any atom is 0.320 e. The molecule has 1 N–H and O–H groups in total. The summed E-state index contributed by atoms with van der Waals surface area (Å²) in [6.07, 6.45) is 4.43. The van der Waals surface area contributed by atoms with Crippen molar-refractivity contribution in [2.24, 2.45) is 5.92 Å². The van der Waals surface area contributed by atoms with E-state index in [1.807, 2.05) is 24.1 Å². The Hall–Kier alpha value is -2.16. The fraction of sp³-hybridized carbons (Fsp3) is 0.529. The summed E-state index contributed by atoms with van der Waals surface area (Å²) in [6, 6.07) is 19.7. The number of rotatable bonds is 9. The Morgan fingerprint density at radius 2 is 1.73 bits per heavy atom. The Kier molecular flexibility index (Phi) is 14.6. The maximum absolute atomic E-state index is 14.2. The van der Waals surface area contributed by atoms with Gasteiger partial charge in [-0.2, -0.15) is 5.10 Å². The van der Waals surface area contributed by atoms with Crippen LogP contribution in [0.15, 0.2) is 60.7 Å². The van der Waals surface area contributed by atoms with Crippen LogP contribution in [0.25, 0.3) is 0 Å². The van der Waals surface area contributed by atoms with E-state index in [4.69, 9.17) is 4.74 Å². The number of carbonyl (C=O) groups is 1. The molecule has 0 amide bonds. The molecule has 3 atom stereocenters. The van der Waals surface area contributed by atoms with Crippen molar-refractivity contribution < 1.29 is 13.9 Å². The van der Waals surface area contributed by atoms with Gasteiger partial charge in [-0.25, -0.2) is 4.39 Å². The number of likely N-dealkylation sites (N-methyl/N-ethyl adjacent to an activating group) is 1. The van der Waals surface area contributed by atoms with E-state index in [0.717, 1.165) is 63.0 Å². The fourth-order valence-electron chi connectivity index (χ4n) is 6.41. The second-order valence-electron chi connectivity index (χ2n) is 13.1. The van der Waals surface area contributed by atoms with Gasteiger partial charge in [-0.05, 0) is 108 Å². The first-order chi connectivity index (χ1) is 19.6. The zero-order valence-corrected chi connectivity index (χ0v) is 28.7. The molecule has 2 aliphatic rings. The first kappa shape index (κ1) is 38.0. The topological polar surface area (TPSA) is 61.5 Å². The van der Waals surface area contributed by atoms with Crippen LogP contribution in [0.2, 0.25) is 0 Å². The normalized spacial score (nSPS) is 20.8. The van der Waals surface area contributed by atoms with E-state index in [9.17, 15) is 9.18 Å². The average molecular weight is 670 g/mol. The van der Waals surface area contributed by atoms with Crippen molar-refractivity contribution in [3.05, 3.63) is 89.0 Å². The number of hydrogen-bond donors (Lipinski definition) is 1. The van der Waals surface area contributed by atoms with Crippen molar-refractivity contribution in [1.82, 2.24) is 20.0 Å². The van der Waals surface area contributed by atoms with Gasteiger partial charge in [-0.15, -0.1) is 37.2 Å². The van der Waals surface area contributed by atoms with Crippen LogP contribution in [0.1, 0.15) is 80.8 Å². The Morgan fingerprint density at radius 1 is 1.02 bits per heavy atom. The number of aromatic nitrogens is 2. The minimum atomic E-state index is -0.208. The molecule has 1 saturated carbocycles. The number of H-pyrrole nitrogens is 1. The largest absolute Gasteiger partial charge is 0.461 e. The van der Waals surface area contributed by atoms with E-state index in [1.54, 1.807) is 12.1 Å². The highest BCUT2D eigenvalue weighted by Crippen LogP contribution is 2.42. The number of aromatic amines is 1. The van der Waals surface area contributed by atoms with Crippen LogP contribution in [0.3, 0.4) is 0 Å². The summed E-state index contributed by atoms with van der Waals surface area (Å²) < 4.78 is 20.2. The standard InChI is InChI=1S/C34H45FN4O2.3ClH/c1-34(2,3)38(4)23-33(40)41-30-19-27(31(21-30)26-11-8-12-28(35)18-26)22-39-15-13-25(14-16-39)32-20-29(36-37-32)17-24-9-6-5-7-10-24;;;/h5-12,18,20,25,27,30-31H,13-17,19,21-23H2,1-4H3,(H,36,37);3*1H/t27-,30+,31-;;;/m1.../s1. The lowest BCUT2D eigenvalue weighted by Gasteiger charge is -2.34. The third kappa shape index (κ3) is 10.2. The quantitative estimate of drug-likeness (QED) is 0.240. The minimum absolute atomic E-state index is 0. The van der Waals surface area contributed by atoms with Gasteiger partial charge in [0.25, 0.3) is 0 Å². The number of nitrogens with one attached hydrogen (secondary N) is 1. The molecule has 244 valence electrons. The summed E-state index contributed by atoms with van der Waals surface area (Å²) in [7, 11) is 1.95. The second kappa shape index (κ2) is 17.0. The van der Waals surface area contributed by atoms with Crippen LogP contribution in [-0.2, 0) is 16.0 Å². The lowest BCUT2D eigenvalue weighted by molar-refractivity contribution is -0.151. The van der Waals surface area contributed by atoms with Gasteiger partial charge in [0, 0.05) is 30.1 Å². The van der Waals surface area contributed by atoms with E-state index in [-0.39, 0.29) is 73.1 Å². The minimum Gasteiger partial charge on any atom is -0.461 e. The Bertz CT molecular complexity index is 1290. The summed E-state index contributed by atoms with van der Waals surface area (Å²) in [5, 5.41) is 7.92. The van der Waals surface area contributed by atoms with Gasteiger partial charge >= 0.3 is 5.97 Å². The molecule has 0 unspecified atom stereocenters. The summed E-state index contributed by atoms with van der Waals surface area (Å²) in [5.41, 5.74) is 4.52. The van der Waals surface area contributed by atoms with Crippen LogP contribution in [-0.4, -0.2) is 70.8 Å². The van der Waals surface area contributed by atoms with Gasteiger partial charge in [0.2, 0.25) is 0 Å². The van der Waals surface area contributed by atoms with Crippen molar-refractivity contribution in [3.63, 3.8) is 0 Å². The molecule has 44 heavy (non-hydrogen) atoms. The predicted octanol–water partition coefficient (Wildman–Crippen LogP) is 7.42. The number of nitrogens with zero attached hydrogens (tertiary/aromatic N) is 3. The molecule has 0 radical (unpaired) electrons. The molecule has 1 aliphatic carbocycles. The average Bonchev–Trinajstić information content (AvgIpc) is 3.56. The monoisotopic (exact) mass is 668 g/mol. The molecular formula is C34H48Cl3FN4O2. The molecule has 6 nitrogen and oxygen atoms in total. The number of ether oxygens (including phenoxy) is 1. The summed E-state index contributed by atoms with van der Waals surface area (Å²) in [5.74, 6) is 0.559. The first-order valence-electron chi connectivity index (χ1n) is 15.1. The molecule has 0 bridgehead atoms. The number of likely N-dealkylation sites (tertiary alicyclic amines) is 1. The van der Waals surface area contributed by atoms with Crippen molar-refractivity contribution in [3.8, 4) is 0 Å². The molecule has 2 heterocycles. The smallest absolute Gasteiger partial charge is 0.320 e. The van der Waals surface area contributed by atoms with E-state index < -0.39 is 0 Å². The number of piperidine rings is 1. The molecule has 5 rings (SSSR count). The van der Waals surface area contributed by atoms with Gasteiger partial charge in [0.05, 0.1) is 12.2 Å². The molecule has 2 fully saturated rings. The number of hydrogen-bond acceptors (Lipinski definition) is 5. The van der Waals surface area contributed by atoms with Crippen LogP contribution in [0.5, 0.6) is 0 Å². The molecule has 1 aromatic heterocycles. The Morgan fingerprint density at radius 3 is 2.39 bits per heavy atom. The summed E-state index contributed by atoms with van der Waals surface area (Å²) in [4.78, 5) is 17.3. The van der Waals surface area contributed by atoms with Crippen LogP contribution in [0.4, 0.5) is 4.39 Å². The number of esters is 1. The molecule has 1 aliphatic heterocycles. The Labute approximate surface area is 280 Å². The van der Waals surface area contributed by atoms with Gasteiger partial charge in [-0.1, -0.05) is 42.5 Å². The van der Waals surface area contributed by atoms with Crippen LogP contribution in [0, 0.1) is 11.7 Å². The number of halogens is 4. The van der Waals surface area contributed by atoms with Crippen molar-refractivity contribution >= 4 is 43.2 Å². The van der Waals surface area contributed by atoms with E-state index in [2.05, 4.69) is 66.2 Å². The summed E-state index contributed by atoms with van der Waals surface area (Å²) in [6.45, 7) is 9.49. The Balaban J connectivity index is 0.00000225. The zero-order chi connectivity index (χ0) is 29.0. The van der Waals surface area contributed by atoms with Gasteiger partial charge in [0.1, 0.15) is 11.9 Å². The molecule has 0 spiro atoms. The third-order valence-electron chi connectivity index (χ3n) is 9.12. The third-order valence-corrected chi connectivity index (χ3v) is 9.12. The van der Waals surface area contributed by atoms with E-state index in [1.165, 1.54) is 17.3 Å². The predicted molar refractivity (Wildman–Crippen MR) is 182 cm³/mol. The van der Waals surface area contributed by atoms with Gasteiger partial charge < -0.3 is 9.64 Å². The zero-order valence-electron chi connectivity index (χ0n) is 26.2. The van der Waals surface area contributed by atoms with Crippen LogP contribution < -0.4 is 0 Å². The number of benzene rings is 2. The molecular weight excluding hydrogens is 622 g/mol. The highest BCUT2D eigenvalue weighted by atomic mass is 35.5. The maximum atomic E-state index is 14.2. The molecule has 2 aromatic carbocycles. The van der Waals surface area contributed by atoms with Crippen molar-refractivity contribution in [1.29, 1.82) is 0 Å². The number of carbonyl (C=O) groups excluding carboxylic acids is 1. The summed E-state index contributed by atoms with van der Waals surface area (Å²) >= 11 is 0. The lowest BCUT2D eigenvalue weighted by Crippen LogP contribution is -2.42. The SMILES string of the molecule is CN(CC(=O)O[C@H]1C[C@H](CN2CCC(c3cc(Cc4ccccc4)[nH]n3)CC2)[C@@H](c2cccc(F)c2)C1)C(C)(C)C.Cl.Cl.Cl. The molecule has 3 aromatic rings.